The highest BCUT2D eigenvalue weighted by Gasteiger charge is 2.37. The topological polar surface area (TPSA) is 38.8 Å². The van der Waals surface area contributed by atoms with Crippen LogP contribution in [0.2, 0.25) is 0 Å². The van der Waals surface area contributed by atoms with Gasteiger partial charge in [-0.3, -0.25) is 0 Å². The number of piperidine rings is 1. The third-order valence-electron chi connectivity index (χ3n) is 4.49. The summed E-state index contributed by atoms with van der Waals surface area (Å²) in [5, 5.41) is 0. The molecule has 0 unspecified atom stereocenters. The van der Waals surface area contributed by atoms with E-state index in [1.807, 2.05) is 44.7 Å². The second kappa shape index (κ2) is 9.81. The number of nitrogens with zero attached hydrogens (tertiary/aromatic N) is 1. The Morgan fingerprint density at radius 3 is 2.28 bits per heavy atom. The summed E-state index contributed by atoms with van der Waals surface area (Å²) in [5.41, 5.74) is 0.935. The van der Waals surface area contributed by atoms with E-state index in [1.54, 1.807) is 7.11 Å². The first kappa shape index (κ1) is 21.5. The fraction of sp³-hybridized carbons (Fsp3) is 0.667. The van der Waals surface area contributed by atoms with Crippen LogP contribution in [0.3, 0.4) is 0 Å². The predicted octanol–water partition coefficient (Wildman–Crippen LogP) is 5.12. The molecule has 0 aromatic carbocycles. The standard InChI is InChI=1S/C21H35NO3/c1-7-9-10-11-18(8-2)16-21(17-24-6)12-14-22(15-13-21)19(23)25-20(3,4)5/h7-11H,12-17H2,1-6H3/b9-7-,11-10-,18-8+. The Labute approximate surface area is 153 Å². The molecule has 0 saturated carbocycles. The van der Waals surface area contributed by atoms with Crippen LogP contribution in [-0.2, 0) is 9.47 Å². The van der Waals surface area contributed by atoms with Gasteiger partial charge in [-0.05, 0) is 53.9 Å². The maximum Gasteiger partial charge on any atom is 0.410 e. The van der Waals surface area contributed by atoms with E-state index >= 15 is 0 Å². The molecular weight excluding hydrogens is 314 g/mol. The molecule has 0 aromatic rings. The van der Waals surface area contributed by atoms with E-state index in [-0.39, 0.29) is 11.5 Å². The monoisotopic (exact) mass is 349 g/mol. The molecule has 0 aromatic heterocycles. The molecule has 0 N–H and O–H groups in total. The molecule has 0 spiro atoms. The molecule has 1 heterocycles. The van der Waals surface area contributed by atoms with Crippen LogP contribution in [0.5, 0.6) is 0 Å². The number of hydrogen-bond donors (Lipinski definition) is 0. The Morgan fingerprint density at radius 1 is 1.16 bits per heavy atom. The fourth-order valence-corrected chi connectivity index (χ4v) is 3.15. The summed E-state index contributed by atoms with van der Waals surface area (Å²) in [4.78, 5) is 14.1. The van der Waals surface area contributed by atoms with Crippen molar-refractivity contribution in [1.82, 2.24) is 4.90 Å². The van der Waals surface area contributed by atoms with E-state index in [0.29, 0.717) is 19.7 Å². The Hall–Kier alpha value is -1.55. The number of allylic oxidation sites excluding steroid dienone is 6. The Balaban J connectivity index is 2.74. The SMILES string of the molecule is C\C=C/C=C\C(=C/C)CC1(COC)CCN(C(=O)OC(C)(C)C)CC1. The molecule has 25 heavy (non-hydrogen) atoms. The molecule has 1 fully saturated rings. The lowest BCUT2D eigenvalue weighted by Gasteiger charge is -2.42. The van der Waals surface area contributed by atoms with Gasteiger partial charge < -0.3 is 14.4 Å². The first-order valence-electron chi connectivity index (χ1n) is 9.17. The smallest absolute Gasteiger partial charge is 0.410 e. The van der Waals surface area contributed by atoms with E-state index in [1.165, 1.54) is 5.57 Å². The van der Waals surface area contributed by atoms with Crippen molar-refractivity contribution in [3.8, 4) is 0 Å². The van der Waals surface area contributed by atoms with E-state index in [4.69, 9.17) is 9.47 Å². The van der Waals surface area contributed by atoms with Crippen molar-refractivity contribution in [2.45, 2.75) is 59.5 Å². The van der Waals surface area contributed by atoms with Gasteiger partial charge in [0.2, 0.25) is 0 Å². The first-order chi connectivity index (χ1) is 11.7. The Bertz CT molecular complexity index is 504. The van der Waals surface area contributed by atoms with Crippen LogP contribution in [0, 0.1) is 5.41 Å². The molecule has 1 aliphatic heterocycles. The second-order valence-electron chi connectivity index (χ2n) is 7.83. The van der Waals surface area contributed by atoms with Gasteiger partial charge in [0.05, 0.1) is 6.61 Å². The largest absolute Gasteiger partial charge is 0.444 e. The Kier molecular flexibility index (Phi) is 8.43. The van der Waals surface area contributed by atoms with Crippen LogP contribution in [0.1, 0.15) is 53.9 Å². The zero-order chi connectivity index (χ0) is 18.9. The average molecular weight is 350 g/mol. The maximum atomic E-state index is 12.3. The van der Waals surface area contributed by atoms with Gasteiger partial charge in [-0.25, -0.2) is 4.79 Å². The highest BCUT2D eigenvalue weighted by Crippen LogP contribution is 2.38. The number of amides is 1. The molecular formula is C21H35NO3. The minimum atomic E-state index is -0.451. The molecule has 142 valence electrons. The zero-order valence-corrected chi connectivity index (χ0v) is 16.8. The number of carbonyl (C=O) groups is 1. The molecule has 1 saturated heterocycles. The fourth-order valence-electron chi connectivity index (χ4n) is 3.15. The summed E-state index contributed by atoms with van der Waals surface area (Å²) in [5.74, 6) is 0. The lowest BCUT2D eigenvalue weighted by molar-refractivity contribution is -0.00648. The summed E-state index contributed by atoms with van der Waals surface area (Å²) in [6.45, 7) is 11.9. The van der Waals surface area contributed by atoms with Gasteiger partial charge in [0.15, 0.2) is 0 Å². The lowest BCUT2D eigenvalue weighted by Crippen LogP contribution is -2.46. The van der Waals surface area contributed by atoms with Crippen LogP contribution in [0.25, 0.3) is 0 Å². The number of hydrogen-bond acceptors (Lipinski definition) is 3. The van der Waals surface area contributed by atoms with Crippen molar-refractivity contribution >= 4 is 6.09 Å². The van der Waals surface area contributed by atoms with E-state index in [2.05, 4.69) is 25.2 Å². The van der Waals surface area contributed by atoms with Crippen molar-refractivity contribution in [3.63, 3.8) is 0 Å². The van der Waals surface area contributed by atoms with E-state index in [9.17, 15) is 4.79 Å². The number of ether oxygens (including phenoxy) is 2. The van der Waals surface area contributed by atoms with Crippen molar-refractivity contribution in [2.75, 3.05) is 26.8 Å². The van der Waals surface area contributed by atoms with Gasteiger partial charge >= 0.3 is 6.09 Å². The van der Waals surface area contributed by atoms with Crippen LogP contribution in [0.15, 0.2) is 36.0 Å². The second-order valence-corrected chi connectivity index (χ2v) is 7.83. The van der Waals surface area contributed by atoms with E-state index in [0.717, 1.165) is 19.3 Å². The van der Waals surface area contributed by atoms with Gasteiger partial charge in [-0.2, -0.15) is 0 Å². The van der Waals surface area contributed by atoms with Crippen molar-refractivity contribution in [3.05, 3.63) is 36.0 Å². The third-order valence-corrected chi connectivity index (χ3v) is 4.49. The number of likely N-dealkylation sites (tertiary alicyclic amines) is 1. The van der Waals surface area contributed by atoms with Crippen molar-refractivity contribution < 1.29 is 14.3 Å². The molecule has 4 nitrogen and oxygen atoms in total. The molecule has 1 amide bonds. The van der Waals surface area contributed by atoms with Crippen molar-refractivity contribution in [1.29, 1.82) is 0 Å². The number of methoxy groups -OCH3 is 1. The summed E-state index contributed by atoms with van der Waals surface area (Å²) < 4.78 is 11.0. The maximum absolute atomic E-state index is 12.3. The van der Waals surface area contributed by atoms with Crippen LogP contribution < -0.4 is 0 Å². The van der Waals surface area contributed by atoms with Crippen LogP contribution in [-0.4, -0.2) is 43.4 Å². The van der Waals surface area contributed by atoms with Gasteiger partial charge in [-0.15, -0.1) is 0 Å². The summed E-state index contributed by atoms with van der Waals surface area (Å²) in [7, 11) is 1.76. The molecule has 0 bridgehead atoms. The molecule has 0 atom stereocenters. The van der Waals surface area contributed by atoms with Crippen LogP contribution >= 0.6 is 0 Å². The highest BCUT2D eigenvalue weighted by molar-refractivity contribution is 5.68. The quantitative estimate of drug-likeness (QED) is 0.625. The normalized spacial score (nSPS) is 19.0. The highest BCUT2D eigenvalue weighted by atomic mass is 16.6. The minimum Gasteiger partial charge on any atom is -0.444 e. The van der Waals surface area contributed by atoms with E-state index < -0.39 is 5.60 Å². The Morgan fingerprint density at radius 2 is 1.80 bits per heavy atom. The number of carbonyl (C=O) groups excluding carboxylic acids is 1. The molecule has 1 aliphatic rings. The first-order valence-corrected chi connectivity index (χ1v) is 9.17. The van der Waals surface area contributed by atoms with Crippen molar-refractivity contribution in [2.24, 2.45) is 5.41 Å². The summed E-state index contributed by atoms with van der Waals surface area (Å²) in [6.07, 6.45) is 13.1. The lowest BCUT2D eigenvalue weighted by atomic mass is 9.74. The van der Waals surface area contributed by atoms with Gasteiger partial charge in [0.25, 0.3) is 0 Å². The summed E-state index contributed by atoms with van der Waals surface area (Å²) in [6, 6.07) is 0. The van der Waals surface area contributed by atoms with Gasteiger partial charge in [0, 0.05) is 25.6 Å². The zero-order valence-electron chi connectivity index (χ0n) is 16.8. The molecule has 0 aliphatic carbocycles. The van der Waals surface area contributed by atoms with Crippen LogP contribution in [0.4, 0.5) is 4.79 Å². The third kappa shape index (κ3) is 7.47. The van der Waals surface area contributed by atoms with Gasteiger partial charge in [-0.1, -0.05) is 36.0 Å². The number of rotatable bonds is 6. The average Bonchev–Trinajstić information content (AvgIpc) is 2.53. The molecule has 4 heteroatoms. The summed E-state index contributed by atoms with van der Waals surface area (Å²) >= 11 is 0. The minimum absolute atomic E-state index is 0.0787. The predicted molar refractivity (Wildman–Crippen MR) is 104 cm³/mol. The van der Waals surface area contributed by atoms with Gasteiger partial charge in [0.1, 0.15) is 5.60 Å². The molecule has 1 rings (SSSR count). The molecule has 0 radical (unpaired) electrons.